The summed E-state index contributed by atoms with van der Waals surface area (Å²) in [5.41, 5.74) is 9.48. The lowest BCUT2D eigenvalue weighted by Gasteiger charge is -2.20. The Kier molecular flexibility index (Phi) is 4.23. The molecule has 0 aliphatic rings. The molecule has 0 fully saturated rings. The van der Waals surface area contributed by atoms with Crippen molar-refractivity contribution >= 4 is 17.3 Å². The van der Waals surface area contributed by atoms with Crippen LogP contribution in [0.1, 0.15) is 30.3 Å². The number of benzene rings is 1. The number of anilines is 3. The normalized spacial score (nSPS) is 10.6. The molecule has 0 aliphatic carbocycles. The Hall–Kier alpha value is -2.10. The van der Waals surface area contributed by atoms with E-state index >= 15 is 0 Å². The van der Waals surface area contributed by atoms with Crippen molar-refractivity contribution in [3.63, 3.8) is 0 Å². The molecule has 0 radical (unpaired) electrons. The van der Waals surface area contributed by atoms with Gasteiger partial charge in [0.15, 0.2) is 0 Å². The van der Waals surface area contributed by atoms with Crippen LogP contribution < -0.4 is 10.6 Å². The summed E-state index contributed by atoms with van der Waals surface area (Å²) in [7, 11) is 2.01. The van der Waals surface area contributed by atoms with Gasteiger partial charge in [-0.3, -0.25) is 0 Å². The Morgan fingerprint density at radius 1 is 1.05 bits per heavy atom. The molecule has 2 rings (SSSR count). The molecule has 0 bridgehead atoms. The number of aryl methyl sites for hydroxylation is 3. The highest BCUT2D eigenvalue weighted by Gasteiger charge is 2.09. The van der Waals surface area contributed by atoms with Gasteiger partial charge in [0.25, 0.3) is 0 Å². The molecule has 106 valence electrons. The summed E-state index contributed by atoms with van der Waals surface area (Å²) in [5, 5.41) is 0. The summed E-state index contributed by atoms with van der Waals surface area (Å²) in [6.45, 7) is 6.31. The molecule has 20 heavy (non-hydrogen) atoms. The maximum Gasteiger partial charge on any atom is 0.138 e. The van der Waals surface area contributed by atoms with Gasteiger partial charge < -0.3 is 10.6 Å². The molecule has 0 unspecified atom stereocenters. The molecule has 0 aliphatic heterocycles. The predicted molar refractivity (Wildman–Crippen MR) is 84.4 cm³/mol. The van der Waals surface area contributed by atoms with Crippen LogP contribution in [-0.2, 0) is 6.42 Å². The van der Waals surface area contributed by atoms with E-state index in [1.807, 2.05) is 13.1 Å². The molecule has 2 aromatic rings. The average molecular weight is 270 g/mol. The Morgan fingerprint density at radius 2 is 1.70 bits per heavy atom. The maximum atomic E-state index is 5.89. The number of nitrogen functional groups attached to an aromatic ring is 1. The van der Waals surface area contributed by atoms with Crippen molar-refractivity contribution in [2.24, 2.45) is 0 Å². The molecule has 4 heteroatoms. The van der Waals surface area contributed by atoms with Gasteiger partial charge in [-0.05, 0) is 43.5 Å². The van der Waals surface area contributed by atoms with Gasteiger partial charge in [-0.2, -0.15) is 0 Å². The largest absolute Gasteiger partial charge is 0.384 e. The summed E-state index contributed by atoms with van der Waals surface area (Å²) in [6.07, 6.45) is 1.86. The van der Waals surface area contributed by atoms with E-state index in [-0.39, 0.29) is 0 Å². The monoisotopic (exact) mass is 270 g/mol. The Morgan fingerprint density at radius 3 is 2.30 bits per heavy atom. The molecule has 0 saturated heterocycles. The van der Waals surface area contributed by atoms with E-state index in [1.165, 1.54) is 11.1 Å². The standard InChI is InChI=1S/C16H22N4/c1-5-6-15-18-14(17)10-16(19-15)20(4)13-8-11(2)7-12(3)9-13/h7-10H,5-6H2,1-4H3,(H2,17,18,19). The van der Waals surface area contributed by atoms with Crippen LogP contribution in [0.4, 0.5) is 17.3 Å². The first-order chi connectivity index (χ1) is 9.49. The minimum absolute atomic E-state index is 0.523. The first kappa shape index (κ1) is 14.3. The first-order valence-corrected chi connectivity index (χ1v) is 6.95. The third kappa shape index (κ3) is 3.26. The third-order valence-corrected chi connectivity index (χ3v) is 3.19. The summed E-state index contributed by atoms with van der Waals surface area (Å²) in [4.78, 5) is 10.9. The van der Waals surface area contributed by atoms with Crippen LogP contribution in [0.5, 0.6) is 0 Å². The lowest BCUT2D eigenvalue weighted by Crippen LogP contribution is -2.14. The SMILES string of the molecule is CCCc1nc(N)cc(N(C)c2cc(C)cc(C)c2)n1. The number of hydrogen-bond acceptors (Lipinski definition) is 4. The molecular weight excluding hydrogens is 248 g/mol. The third-order valence-electron chi connectivity index (χ3n) is 3.19. The Labute approximate surface area is 120 Å². The highest BCUT2D eigenvalue weighted by molar-refractivity contribution is 5.62. The van der Waals surface area contributed by atoms with Crippen LogP contribution in [0.15, 0.2) is 24.3 Å². The molecule has 4 nitrogen and oxygen atoms in total. The fourth-order valence-electron chi connectivity index (χ4n) is 2.29. The van der Waals surface area contributed by atoms with Gasteiger partial charge in [-0.25, -0.2) is 9.97 Å². The second-order valence-electron chi connectivity index (χ2n) is 5.22. The number of aromatic nitrogens is 2. The van der Waals surface area contributed by atoms with Gasteiger partial charge in [-0.15, -0.1) is 0 Å². The predicted octanol–water partition coefficient (Wildman–Crippen LogP) is 3.40. The van der Waals surface area contributed by atoms with Crippen LogP contribution in [0.3, 0.4) is 0 Å². The molecule has 0 spiro atoms. The van der Waals surface area contributed by atoms with Crippen molar-refractivity contribution in [2.45, 2.75) is 33.6 Å². The Balaban J connectivity index is 2.39. The van der Waals surface area contributed by atoms with Crippen LogP contribution >= 0.6 is 0 Å². The van der Waals surface area contributed by atoms with E-state index in [0.717, 1.165) is 30.2 Å². The van der Waals surface area contributed by atoms with E-state index in [1.54, 1.807) is 0 Å². The van der Waals surface area contributed by atoms with E-state index in [9.17, 15) is 0 Å². The molecular formula is C16H22N4. The van der Waals surface area contributed by atoms with Crippen LogP contribution in [-0.4, -0.2) is 17.0 Å². The zero-order chi connectivity index (χ0) is 14.7. The summed E-state index contributed by atoms with van der Waals surface area (Å²) >= 11 is 0. The van der Waals surface area contributed by atoms with Gasteiger partial charge in [-0.1, -0.05) is 13.0 Å². The first-order valence-electron chi connectivity index (χ1n) is 6.95. The number of hydrogen-bond donors (Lipinski definition) is 1. The molecule has 0 saturated carbocycles. The molecule has 0 atom stereocenters. The van der Waals surface area contributed by atoms with Gasteiger partial charge in [0.05, 0.1) is 0 Å². The van der Waals surface area contributed by atoms with Crippen molar-refractivity contribution in [3.8, 4) is 0 Å². The van der Waals surface area contributed by atoms with Gasteiger partial charge in [0.2, 0.25) is 0 Å². The van der Waals surface area contributed by atoms with Crippen molar-refractivity contribution in [2.75, 3.05) is 17.7 Å². The fourth-order valence-corrected chi connectivity index (χ4v) is 2.29. The molecule has 2 N–H and O–H groups in total. The lowest BCUT2D eigenvalue weighted by molar-refractivity contribution is 0.834. The summed E-state index contributed by atoms with van der Waals surface area (Å²) < 4.78 is 0. The van der Waals surface area contributed by atoms with E-state index in [4.69, 9.17) is 5.73 Å². The summed E-state index contributed by atoms with van der Waals surface area (Å²) in [6, 6.07) is 8.26. The minimum atomic E-state index is 0.523. The number of rotatable bonds is 4. The molecule has 1 heterocycles. The second-order valence-corrected chi connectivity index (χ2v) is 5.22. The van der Waals surface area contributed by atoms with Gasteiger partial charge >= 0.3 is 0 Å². The maximum absolute atomic E-state index is 5.89. The van der Waals surface area contributed by atoms with E-state index in [0.29, 0.717) is 5.82 Å². The van der Waals surface area contributed by atoms with Crippen molar-refractivity contribution in [1.82, 2.24) is 9.97 Å². The zero-order valence-electron chi connectivity index (χ0n) is 12.6. The highest BCUT2D eigenvalue weighted by Crippen LogP contribution is 2.25. The molecule has 1 aromatic heterocycles. The zero-order valence-corrected chi connectivity index (χ0v) is 12.6. The van der Waals surface area contributed by atoms with Crippen LogP contribution in [0.2, 0.25) is 0 Å². The minimum Gasteiger partial charge on any atom is -0.384 e. The summed E-state index contributed by atoms with van der Waals surface area (Å²) in [5.74, 6) is 2.17. The van der Waals surface area contributed by atoms with Crippen molar-refractivity contribution in [1.29, 1.82) is 0 Å². The molecule has 0 amide bonds. The number of nitrogens with two attached hydrogens (primary N) is 1. The smallest absolute Gasteiger partial charge is 0.138 e. The quantitative estimate of drug-likeness (QED) is 0.925. The second kappa shape index (κ2) is 5.90. The van der Waals surface area contributed by atoms with Crippen molar-refractivity contribution < 1.29 is 0 Å². The Bertz CT molecular complexity index is 587. The topological polar surface area (TPSA) is 55.0 Å². The van der Waals surface area contributed by atoms with Gasteiger partial charge in [0, 0.05) is 25.2 Å². The lowest BCUT2D eigenvalue weighted by atomic mass is 10.1. The molecule has 1 aromatic carbocycles. The highest BCUT2D eigenvalue weighted by atomic mass is 15.2. The van der Waals surface area contributed by atoms with E-state index < -0.39 is 0 Å². The average Bonchev–Trinajstić information content (AvgIpc) is 2.36. The van der Waals surface area contributed by atoms with Crippen LogP contribution in [0.25, 0.3) is 0 Å². The fraction of sp³-hybridized carbons (Fsp3) is 0.375. The van der Waals surface area contributed by atoms with Crippen molar-refractivity contribution in [3.05, 3.63) is 41.2 Å². The van der Waals surface area contributed by atoms with Gasteiger partial charge in [0.1, 0.15) is 17.5 Å². The van der Waals surface area contributed by atoms with E-state index in [2.05, 4.69) is 53.8 Å². The number of nitrogens with zero attached hydrogens (tertiary/aromatic N) is 3. The van der Waals surface area contributed by atoms with Crippen LogP contribution in [0, 0.1) is 13.8 Å².